The lowest BCUT2D eigenvalue weighted by Crippen LogP contribution is -2.43. The van der Waals surface area contributed by atoms with E-state index in [1.807, 2.05) is 0 Å². The highest BCUT2D eigenvalue weighted by atomic mass is 16.3. The van der Waals surface area contributed by atoms with Crippen LogP contribution in [-0.4, -0.2) is 54.4 Å². The SMILES string of the molecule is CC(O)CC(C)(C)CNC(=O)NCC1CCN(C2CC2)C1. The van der Waals surface area contributed by atoms with Crippen LogP contribution in [0.5, 0.6) is 0 Å². The third-order valence-electron chi connectivity index (χ3n) is 4.51. The Morgan fingerprint density at radius 3 is 2.67 bits per heavy atom. The average molecular weight is 297 g/mol. The number of aliphatic hydroxyl groups excluding tert-OH is 1. The van der Waals surface area contributed by atoms with E-state index in [2.05, 4.69) is 29.4 Å². The smallest absolute Gasteiger partial charge is 0.314 e. The quantitative estimate of drug-likeness (QED) is 0.668. The Bertz CT molecular complexity index is 353. The summed E-state index contributed by atoms with van der Waals surface area (Å²) < 4.78 is 0. The van der Waals surface area contributed by atoms with Crippen molar-refractivity contribution in [2.75, 3.05) is 26.2 Å². The molecule has 5 nitrogen and oxygen atoms in total. The summed E-state index contributed by atoms with van der Waals surface area (Å²) in [6.07, 6.45) is 4.27. The molecule has 1 aliphatic heterocycles. The molecule has 0 spiro atoms. The van der Waals surface area contributed by atoms with Crippen molar-refractivity contribution < 1.29 is 9.90 Å². The average Bonchev–Trinajstić information content (AvgIpc) is 3.12. The molecule has 0 aromatic carbocycles. The van der Waals surface area contributed by atoms with Gasteiger partial charge in [0.2, 0.25) is 0 Å². The maximum Gasteiger partial charge on any atom is 0.314 e. The molecule has 0 aromatic rings. The number of likely N-dealkylation sites (tertiary alicyclic amines) is 1. The summed E-state index contributed by atoms with van der Waals surface area (Å²) in [7, 11) is 0. The van der Waals surface area contributed by atoms with E-state index in [1.54, 1.807) is 6.92 Å². The highest BCUT2D eigenvalue weighted by molar-refractivity contribution is 5.73. The largest absolute Gasteiger partial charge is 0.393 e. The van der Waals surface area contributed by atoms with Gasteiger partial charge in [-0.25, -0.2) is 4.79 Å². The zero-order chi connectivity index (χ0) is 15.5. The summed E-state index contributed by atoms with van der Waals surface area (Å²) in [5.74, 6) is 0.599. The number of rotatable bonds is 7. The van der Waals surface area contributed by atoms with Crippen molar-refractivity contribution in [3.63, 3.8) is 0 Å². The molecule has 21 heavy (non-hydrogen) atoms. The Kier molecular flexibility index (Phi) is 5.49. The lowest BCUT2D eigenvalue weighted by Gasteiger charge is -2.26. The molecule has 2 unspecified atom stereocenters. The minimum atomic E-state index is -0.336. The van der Waals surface area contributed by atoms with E-state index >= 15 is 0 Å². The zero-order valence-corrected chi connectivity index (χ0v) is 13.7. The van der Waals surface area contributed by atoms with E-state index in [0.717, 1.165) is 19.1 Å². The molecule has 0 radical (unpaired) electrons. The lowest BCUT2D eigenvalue weighted by atomic mass is 9.87. The van der Waals surface area contributed by atoms with Crippen LogP contribution in [0.4, 0.5) is 4.79 Å². The molecule has 0 bridgehead atoms. The monoisotopic (exact) mass is 297 g/mol. The number of nitrogens with zero attached hydrogens (tertiary/aromatic N) is 1. The predicted octanol–water partition coefficient (Wildman–Crippen LogP) is 1.57. The number of amides is 2. The van der Waals surface area contributed by atoms with Crippen molar-refractivity contribution in [2.24, 2.45) is 11.3 Å². The molecule has 2 amide bonds. The van der Waals surface area contributed by atoms with Gasteiger partial charge in [0.05, 0.1) is 6.10 Å². The zero-order valence-electron chi connectivity index (χ0n) is 13.7. The maximum absolute atomic E-state index is 11.9. The van der Waals surface area contributed by atoms with Gasteiger partial charge in [0.15, 0.2) is 0 Å². The first-order valence-electron chi connectivity index (χ1n) is 8.29. The molecule has 0 aromatic heterocycles. The van der Waals surface area contributed by atoms with E-state index < -0.39 is 0 Å². The highest BCUT2D eigenvalue weighted by Crippen LogP contribution is 2.31. The van der Waals surface area contributed by atoms with Crippen LogP contribution in [-0.2, 0) is 0 Å². The van der Waals surface area contributed by atoms with Crippen molar-refractivity contribution in [1.82, 2.24) is 15.5 Å². The Hall–Kier alpha value is -0.810. The number of urea groups is 1. The Morgan fingerprint density at radius 1 is 1.33 bits per heavy atom. The van der Waals surface area contributed by atoms with E-state index in [-0.39, 0.29) is 17.6 Å². The number of aliphatic hydroxyl groups is 1. The van der Waals surface area contributed by atoms with Crippen molar-refractivity contribution >= 4 is 6.03 Å². The molecular weight excluding hydrogens is 266 g/mol. The summed E-state index contributed by atoms with van der Waals surface area (Å²) in [4.78, 5) is 14.4. The summed E-state index contributed by atoms with van der Waals surface area (Å²) in [6, 6.07) is 0.753. The van der Waals surface area contributed by atoms with Crippen LogP contribution in [0.3, 0.4) is 0 Å². The van der Waals surface area contributed by atoms with Crippen LogP contribution >= 0.6 is 0 Å². The first kappa shape index (κ1) is 16.6. The highest BCUT2D eigenvalue weighted by Gasteiger charge is 2.34. The summed E-state index contributed by atoms with van der Waals surface area (Å²) in [6.45, 7) is 9.59. The van der Waals surface area contributed by atoms with E-state index in [9.17, 15) is 9.90 Å². The van der Waals surface area contributed by atoms with Crippen LogP contribution in [0.1, 0.15) is 46.5 Å². The molecule has 1 aliphatic carbocycles. The molecule has 2 rings (SSSR count). The van der Waals surface area contributed by atoms with Gasteiger partial charge in [-0.15, -0.1) is 0 Å². The maximum atomic E-state index is 11.9. The van der Waals surface area contributed by atoms with Crippen LogP contribution in [0, 0.1) is 11.3 Å². The van der Waals surface area contributed by atoms with Gasteiger partial charge >= 0.3 is 6.03 Å². The first-order chi connectivity index (χ1) is 9.85. The van der Waals surface area contributed by atoms with E-state index in [4.69, 9.17) is 0 Å². The van der Waals surface area contributed by atoms with Crippen LogP contribution in [0.25, 0.3) is 0 Å². The van der Waals surface area contributed by atoms with E-state index in [1.165, 1.54) is 25.8 Å². The summed E-state index contributed by atoms with van der Waals surface area (Å²) in [5.41, 5.74) is -0.0817. The van der Waals surface area contributed by atoms with Gasteiger partial charge in [-0.1, -0.05) is 13.8 Å². The fourth-order valence-corrected chi connectivity index (χ4v) is 3.29. The first-order valence-corrected chi connectivity index (χ1v) is 8.29. The molecule has 122 valence electrons. The van der Waals surface area contributed by atoms with Gasteiger partial charge in [-0.05, 0) is 50.5 Å². The van der Waals surface area contributed by atoms with Crippen LogP contribution in [0.2, 0.25) is 0 Å². The van der Waals surface area contributed by atoms with Gasteiger partial charge in [0, 0.05) is 25.7 Å². The number of carbonyl (C=O) groups is 1. The second kappa shape index (κ2) is 6.97. The number of nitrogens with one attached hydrogen (secondary N) is 2. The third kappa shape index (κ3) is 5.83. The van der Waals surface area contributed by atoms with Crippen LogP contribution in [0.15, 0.2) is 0 Å². The molecule has 2 atom stereocenters. The molecule has 1 heterocycles. The molecule has 5 heteroatoms. The number of hydrogen-bond donors (Lipinski definition) is 3. The normalized spacial score (nSPS) is 24.9. The molecule has 1 saturated heterocycles. The van der Waals surface area contributed by atoms with Gasteiger partial charge < -0.3 is 20.6 Å². The predicted molar refractivity (Wildman–Crippen MR) is 84.2 cm³/mol. The fraction of sp³-hybridized carbons (Fsp3) is 0.938. The lowest BCUT2D eigenvalue weighted by molar-refractivity contribution is 0.128. The Morgan fingerprint density at radius 2 is 2.05 bits per heavy atom. The fourth-order valence-electron chi connectivity index (χ4n) is 3.29. The molecular formula is C16H31N3O2. The number of carbonyl (C=O) groups excluding carboxylic acids is 1. The Labute approximate surface area is 128 Å². The molecule has 2 aliphatic rings. The van der Waals surface area contributed by atoms with Crippen LogP contribution < -0.4 is 10.6 Å². The van der Waals surface area contributed by atoms with Crippen molar-refractivity contribution in [1.29, 1.82) is 0 Å². The number of hydrogen-bond acceptors (Lipinski definition) is 3. The minimum absolute atomic E-state index is 0.0817. The Balaban J connectivity index is 1.59. The summed E-state index contributed by atoms with van der Waals surface area (Å²) >= 11 is 0. The second-order valence-electron chi connectivity index (χ2n) is 7.66. The topological polar surface area (TPSA) is 64.6 Å². The molecule has 1 saturated carbocycles. The van der Waals surface area contributed by atoms with Gasteiger partial charge in [-0.3, -0.25) is 0 Å². The van der Waals surface area contributed by atoms with Gasteiger partial charge in [-0.2, -0.15) is 0 Å². The van der Waals surface area contributed by atoms with E-state index in [0.29, 0.717) is 18.9 Å². The van der Waals surface area contributed by atoms with Gasteiger partial charge in [0.25, 0.3) is 0 Å². The minimum Gasteiger partial charge on any atom is -0.393 e. The third-order valence-corrected chi connectivity index (χ3v) is 4.51. The molecule has 2 fully saturated rings. The van der Waals surface area contributed by atoms with Crippen molar-refractivity contribution in [2.45, 2.75) is 58.6 Å². The van der Waals surface area contributed by atoms with Crippen molar-refractivity contribution in [3.8, 4) is 0 Å². The molecule has 3 N–H and O–H groups in total. The standard InChI is InChI=1S/C16H31N3O2/c1-12(20)8-16(2,3)11-18-15(21)17-9-13-6-7-19(10-13)14-4-5-14/h12-14,20H,4-11H2,1-3H3,(H2,17,18,21). The van der Waals surface area contributed by atoms with Crippen molar-refractivity contribution in [3.05, 3.63) is 0 Å². The second-order valence-corrected chi connectivity index (χ2v) is 7.66. The van der Waals surface area contributed by atoms with Gasteiger partial charge in [0.1, 0.15) is 0 Å². The summed E-state index contributed by atoms with van der Waals surface area (Å²) in [5, 5.41) is 15.4.